The van der Waals surface area contributed by atoms with Crippen LogP contribution in [0.3, 0.4) is 0 Å². The highest BCUT2D eigenvalue weighted by Crippen LogP contribution is 2.12. The van der Waals surface area contributed by atoms with Gasteiger partial charge in [0.05, 0.1) is 7.11 Å². The first-order chi connectivity index (χ1) is 13.3. The van der Waals surface area contributed by atoms with Crippen LogP contribution in [0.15, 0.2) is 34.9 Å². The van der Waals surface area contributed by atoms with Crippen molar-refractivity contribution in [2.24, 2.45) is 5.73 Å². The molecule has 1 atom stereocenters. The molecule has 132 valence electrons. The van der Waals surface area contributed by atoms with E-state index in [1.165, 1.54) is 18.8 Å². The van der Waals surface area contributed by atoms with E-state index in [4.69, 9.17) is 14.0 Å². The Balaban J connectivity index is 4.36. The topological polar surface area (TPSA) is 52.3 Å². The van der Waals surface area contributed by atoms with E-state index in [-0.39, 0.29) is 0 Å². The van der Waals surface area contributed by atoms with E-state index in [0.717, 1.165) is 24.2 Å². The predicted molar refractivity (Wildman–Crippen MR) is 103 cm³/mol. The monoisotopic (exact) mass is 345 g/mol. The maximum Gasteiger partial charge on any atom is 0.323 e. The number of hydrogen-bond acceptors (Lipinski definition) is 4. The van der Waals surface area contributed by atoms with Crippen molar-refractivity contribution in [2.45, 2.75) is 59.3 Å². The van der Waals surface area contributed by atoms with E-state index in [9.17, 15) is 4.79 Å². The lowest BCUT2D eigenvalue weighted by molar-refractivity contribution is -0.141. The fourth-order valence-corrected chi connectivity index (χ4v) is 2.74. The molecule has 0 aromatic heterocycles. The second kappa shape index (κ2) is 13.4. The zero-order valence-electron chi connectivity index (χ0n) is 20.4. The Morgan fingerprint density at radius 1 is 1.17 bits per heavy atom. The van der Waals surface area contributed by atoms with Crippen LogP contribution in [0.1, 0.15) is 61.5 Å². The molecule has 0 saturated heterocycles. The number of rotatable bonds is 11. The summed E-state index contributed by atoms with van der Waals surface area (Å²) in [6.07, 6.45) is 8.30. The van der Waals surface area contributed by atoms with Crippen molar-refractivity contribution in [1.29, 1.82) is 0 Å². The van der Waals surface area contributed by atoms with Gasteiger partial charge in [0.1, 0.15) is 6.04 Å². The molecule has 0 rings (SSSR count). The van der Waals surface area contributed by atoms with Crippen molar-refractivity contribution in [3.05, 3.63) is 34.9 Å². The molecule has 0 aliphatic rings. The van der Waals surface area contributed by atoms with E-state index in [0.29, 0.717) is 18.6 Å². The van der Waals surface area contributed by atoms with Gasteiger partial charge in [-0.1, -0.05) is 34.9 Å². The van der Waals surface area contributed by atoms with E-state index in [2.05, 4.69) is 16.9 Å². The number of ether oxygens (including phenoxy) is 1. The lowest BCUT2D eigenvalue weighted by Crippen LogP contribution is -2.33. The minimum Gasteiger partial charge on any atom is -0.468 e. The van der Waals surface area contributed by atoms with Crippen LogP contribution in [-0.2, 0) is 9.53 Å². The second-order valence-electron chi connectivity index (χ2n) is 5.46. The number of allylic oxidation sites excluding steroid dienone is 5. The molecular weight excluding hydrogens is 306 g/mol. The number of hydrogen-bond donors (Lipinski definition) is 1. The van der Waals surface area contributed by atoms with Gasteiger partial charge in [-0.05, 0) is 53.2 Å². The standard InChI is InChI=1S/C19H33NO2S/c1-15(2)8-6-9-16(3)10-7-11-17(4)12-13-23-14-18(20)19(21)22-5/h8,10,12,18H,6-7,9,11,13-14,20H2,1-5H3/b16-10+,17-12+/t18-/m0/s1/i1D3,2D3. The highest BCUT2D eigenvalue weighted by Gasteiger charge is 2.12. The largest absolute Gasteiger partial charge is 0.468 e. The molecule has 23 heavy (non-hydrogen) atoms. The van der Waals surface area contributed by atoms with Crippen LogP contribution in [0.25, 0.3) is 0 Å². The Kier molecular flexibility index (Phi) is 7.78. The van der Waals surface area contributed by atoms with E-state index in [1.54, 1.807) is 11.8 Å². The number of nitrogens with two attached hydrogens (primary N) is 1. The van der Waals surface area contributed by atoms with E-state index in [1.807, 2.05) is 13.8 Å². The Morgan fingerprint density at radius 3 is 2.39 bits per heavy atom. The summed E-state index contributed by atoms with van der Waals surface area (Å²) in [4.78, 5) is 11.2. The summed E-state index contributed by atoms with van der Waals surface area (Å²) in [7, 11) is 1.32. The van der Waals surface area contributed by atoms with Crippen LogP contribution < -0.4 is 5.73 Å². The molecule has 4 heteroatoms. The van der Waals surface area contributed by atoms with Crippen LogP contribution in [0, 0.1) is 0 Å². The summed E-state index contributed by atoms with van der Waals surface area (Å²) in [5.74, 6) is 0.882. The van der Waals surface area contributed by atoms with Gasteiger partial charge in [-0.3, -0.25) is 4.79 Å². The molecule has 2 N–H and O–H groups in total. The van der Waals surface area contributed by atoms with Gasteiger partial charge >= 0.3 is 5.97 Å². The molecule has 0 spiro atoms. The molecule has 0 heterocycles. The second-order valence-corrected chi connectivity index (χ2v) is 6.54. The first kappa shape index (κ1) is 13.3. The van der Waals surface area contributed by atoms with Gasteiger partial charge in [0.15, 0.2) is 0 Å². The molecule has 0 aliphatic carbocycles. The molecule has 0 saturated carbocycles. The van der Waals surface area contributed by atoms with Gasteiger partial charge < -0.3 is 10.5 Å². The van der Waals surface area contributed by atoms with Crippen molar-refractivity contribution < 1.29 is 17.8 Å². The highest BCUT2D eigenvalue weighted by molar-refractivity contribution is 7.99. The number of esters is 1. The zero-order valence-corrected chi connectivity index (χ0v) is 15.2. The number of thioether (sulfide) groups is 1. The minimum absolute atomic E-state index is 0.389. The molecule has 0 amide bonds. The third-order valence-corrected chi connectivity index (χ3v) is 4.27. The Morgan fingerprint density at radius 2 is 1.78 bits per heavy atom. The smallest absolute Gasteiger partial charge is 0.323 e. The summed E-state index contributed by atoms with van der Waals surface area (Å²) >= 11 is 1.57. The Hall–Kier alpha value is -1.00. The van der Waals surface area contributed by atoms with Crippen LogP contribution in [0.5, 0.6) is 0 Å². The number of carbonyl (C=O) groups is 1. The first-order valence-electron chi connectivity index (χ1n) is 10.7. The zero-order chi connectivity index (χ0) is 22.7. The average Bonchev–Trinajstić information content (AvgIpc) is 2.59. The molecule has 0 bridgehead atoms. The normalized spacial score (nSPS) is 18.6. The molecule has 0 fully saturated rings. The summed E-state index contributed by atoms with van der Waals surface area (Å²) in [6, 6.07) is -0.602. The molecule has 0 aliphatic heterocycles. The van der Waals surface area contributed by atoms with Gasteiger partial charge in [-0.25, -0.2) is 0 Å². The maximum atomic E-state index is 11.2. The minimum atomic E-state index is -2.59. The lowest BCUT2D eigenvalue weighted by Gasteiger charge is -2.07. The van der Waals surface area contributed by atoms with Gasteiger partial charge in [0, 0.05) is 19.7 Å². The van der Waals surface area contributed by atoms with Crippen molar-refractivity contribution in [1.82, 2.24) is 0 Å². The highest BCUT2D eigenvalue weighted by atomic mass is 32.2. The van der Waals surface area contributed by atoms with Crippen LogP contribution >= 0.6 is 11.8 Å². The molecular formula is C19H33NO2S. The van der Waals surface area contributed by atoms with Crippen LogP contribution in [0.4, 0.5) is 0 Å². The number of carbonyl (C=O) groups excluding carboxylic acids is 1. The van der Waals surface area contributed by atoms with E-state index < -0.39 is 31.3 Å². The van der Waals surface area contributed by atoms with Gasteiger partial charge in [-0.15, -0.1) is 0 Å². The fraction of sp³-hybridized carbons (Fsp3) is 0.632. The van der Waals surface area contributed by atoms with Crippen molar-refractivity contribution >= 4 is 17.7 Å². The van der Waals surface area contributed by atoms with Crippen LogP contribution in [0.2, 0.25) is 0 Å². The van der Waals surface area contributed by atoms with Crippen molar-refractivity contribution in [3.63, 3.8) is 0 Å². The maximum absolute atomic E-state index is 11.2. The van der Waals surface area contributed by atoms with Gasteiger partial charge in [0.25, 0.3) is 0 Å². The first-order valence-corrected chi connectivity index (χ1v) is 8.88. The SMILES string of the molecule is [2H]C([2H])([2H])C(=CCC/C(C)=C/CC/C(C)=C/CSC[C@H](N)C(=O)OC)C([2H])([2H])[2H]. The van der Waals surface area contributed by atoms with Crippen LogP contribution in [-0.4, -0.2) is 30.6 Å². The fourth-order valence-electron chi connectivity index (χ4n) is 1.81. The summed E-state index contributed by atoms with van der Waals surface area (Å²) in [5.41, 5.74) is 7.55. The van der Waals surface area contributed by atoms with E-state index >= 15 is 0 Å². The van der Waals surface area contributed by atoms with Crippen molar-refractivity contribution in [3.8, 4) is 0 Å². The summed E-state index contributed by atoms with van der Waals surface area (Å²) in [6.45, 7) is -1.18. The van der Waals surface area contributed by atoms with Gasteiger partial charge in [-0.2, -0.15) is 11.8 Å². The molecule has 0 aromatic carbocycles. The predicted octanol–water partition coefficient (Wildman–Crippen LogP) is 4.64. The quantitative estimate of drug-likeness (QED) is 0.337. The summed E-state index contributed by atoms with van der Waals surface area (Å²) in [5, 5.41) is 0. The van der Waals surface area contributed by atoms with Crippen molar-refractivity contribution in [2.75, 3.05) is 18.6 Å². The molecule has 0 aromatic rings. The summed E-state index contributed by atoms with van der Waals surface area (Å²) < 4.78 is 48.8. The lowest BCUT2D eigenvalue weighted by atomic mass is 10.1. The third-order valence-electron chi connectivity index (χ3n) is 3.27. The van der Waals surface area contributed by atoms with Gasteiger partial charge in [0.2, 0.25) is 0 Å². The Bertz CT molecular complexity index is 593. The molecule has 0 radical (unpaired) electrons. The third kappa shape index (κ3) is 13.2. The average molecular weight is 346 g/mol. The molecule has 0 unspecified atom stereocenters. The molecule has 3 nitrogen and oxygen atoms in total. The number of methoxy groups -OCH3 is 1. The Labute approximate surface area is 154 Å².